The van der Waals surface area contributed by atoms with Gasteiger partial charge in [0.25, 0.3) is 0 Å². The number of hydrogen-bond donors (Lipinski definition) is 2. The first-order valence-electron chi connectivity index (χ1n) is 9.19. The Morgan fingerprint density at radius 3 is 2.85 bits per heavy atom. The Balaban J connectivity index is 1.33. The highest BCUT2D eigenvalue weighted by atomic mass is 32.2. The number of fused-ring (bicyclic) bond motifs is 1. The molecule has 144 valence electrons. The van der Waals surface area contributed by atoms with Gasteiger partial charge in [0.15, 0.2) is 0 Å². The van der Waals surface area contributed by atoms with Gasteiger partial charge in [0, 0.05) is 31.2 Å². The number of rotatable bonds is 6. The topological polar surface area (TPSA) is 115 Å². The summed E-state index contributed by atoms with van der Waals surface area (Å²) in [6.45, 7) is 1.95. The van der Waals surface area contributed by atoms with Crippen molar-refractivity contribution >= 4 is 26.9 Å². The van der Waals surface area contributed by atoms with E-state index in [-0.39, 0.29) is 29.2 Å². The molecule has 2 aliphatic carbocycles. The van der Waals surface area contributed by atoms with Crippen molar-refractivity contribution in [3.05, 3.63) is 18.6 Å². The lowest BCUT2D eigenvalue weighted by atomic mass is 9.65. The summed E-state index contributed by atoms with van der Waals surface area (Å²) in [4.78, 5) is 13.8. The van der Waals surface area contributed by atoms with E-state index in [4.69, 9.17) is 5.26 Å². The molecule has 0 bridgehead atoms. The number of nitrogens with zero attached hydrogens (tertiary/aromatic N) is 4. The molecule has 2 heterocycles. The molecule has 9 heteroatoms. The van der Waals surface area contributed by atoms with E-state index in [0.717, 1.165) is 29.7 Å². The van der Waals surface area contributed by atoms with Gasteiger partial charge < -0.3 is 9.88 Å². The number of H-pyrrole nitrogens is 1. The standard InChI is InChI=1S/C18H24N6O2S/c1-18(7-12(8-18)9-19)10-27(25,26)23-13-5-14(6-13)24(2)17-15-3-4-20-16(15)21-11-22-17/h3-4,11-14,23H,5-8,10H2,1-2H3,(H,20,21,22)/t12-,13-,14+,18-. The van der Waals surface area contributed by atoms with Crippen LogP contribution in [0, 0.1) is 22.7 Å². The molecule has 8 nitrogen and oxygen atoms in total. The molecule has 2 aliphatic rings. The molecule has 0 atom stereocenters. The minimum atomic E-state index is -3.34. The van der Waals surface area contributed by atoms with Gasteiger partial charge in [-0.25, -0.2) is 23.1 Å². The minimum absolute atomic E-state index is 0.00469. The van der Waals surface area contributed by atoms with Gasteiger partial charge in [0.1, 0.15) is 17.8 Å². The van der Waals surface area contributed by atoms with E-state index in [1.807, 2.05) is 26.2 Å². The third-order valence-electron chi connectivity index (χ3n) is 5.87. The van der Waals surface area contributed by atoms with Crippen LogP contribution in [0.15, 0.2) is 18.6 Å². The van der Waals surface area contributed by atoms with Crippen LogP contribution >= 0.6 is 0 Å². The number of nitrogens with one attached hydrogen (secondary N) is 2. The van der Waals surface area contributed by atoms with Crippen LogP contribution in [0.2, 0.25) is 0 Å². The van der Waals surface area contributed by atoms with Crippen LogP contribution in [0.25, 0.3) is 11.0 Å². The fourth-order valence-electron chi connectivity index (χ4n) is 4.41. The van der Waals surface area contributed by atoms with E-state index < -0.39 is 10.0 Å². The van der Waals surface area contributed by atoms with Crippen LogP contribution in [0.5, 0.6) is 0 Å². The SMILES string of the molecule is CN(c1ncnc2[nH]ccc12)[C@H]1C[C@@H](NS(=O)(=O)C[C@]2(C)C[C@@H](C#N)C2)C1. The van der Waals surface area contributed by atoms with E-state index in [1.165, 1.54) is 6.33 Å². The molecular formula is C18H24N6O2S. The first-order chi connectivity index (χ1) is 12.8. The van der Waals surface area contributed by atoms with Crippen LogP contribution in [0.3, 0.4) is 0 Å². The second kappa shape index (κ2) is 6.46. The first kappa shape index (κ1) is 18.2. The molecule has 0 amide bonds. The van der Waals surface area contributed by atoms with Crippen molar-refractivity contribution in [3.8, 4) is 6.07 Å². The molecule has 0 aliphatic heterocycles. The van der Waals surface area contributed by atoms with Gasteiger partial charge in [0.2, 0.25) is 10.0 Å². The largest absolute Gasteiger partial charge is 0.356 e. The maximum Gasteiger partial charge on any atom is 0.212 e. The fraction of sp³-hybridized carbons (Fsp3) is 0.611. The zero-order valence-corrected chi connectivity index (χ0v) is 16.3. The molecule has 2 aromatic rings. The van der Waals surface area contributed by atoms with Crippen molar-refractivity contribution in [2.45, 2.75) is 44.7 Å². The average molecular weight is 388 g/mol. The smallest absolute Gasteiger partial charge is 0.212 e. The summed E-state index contributed by atoms with van der Waals surface area (Å²) in [7, 11) is -1.35. The van der Waals surface area contributed by atoms with Crippen LogP contribution in [-0.2, 0) is 10.0 Å². The number of sulfonamides is 1. The van der Waals surface area contributed by atoms with E-state index >= 15 is 0 Å². The Labute approximate surface area is 159 Å². The van der Waals surface area contributed by atoms with Crippen molar-refractivity contribution in [1.29, 1.82) is 5.26 Å². The van der Waals surface area contributed by atoms with Gasteiger partial charge >= 0.3 is 0 Å². The van der Waals surface area contributed by atoms with Crippen molar-refractivity contribution in [2.24, 2.45) is 11.3 Å². The van der Waals surface area contributed by atoms with Crippen LogP contribution in [-0.4, -0.2) is 48.3 Å². The zero-order valence-electron chi connectivity index (χ0n) is 15.5. The molecule has 0 radical (unpaired) electrons. The predicted molar refractivity (Wildman–Crippen MR) is 102 cm³/mol. The summed E-state index contributed by atoms with van der Waals surface area (Å²) in [6.07, 6.45) is 6.22. The highest BCUT2D eigenvalue weighted by Crippen LogP contribution is 2.45. The summed E-state index contributed by atoms with van der Waals surface area (Å²) in [5.74, 6) is 0.965. The van der Waals surface area contributed by atoms with Gasteiger partial charge in [-0.3, -0.25) is 0 Å². The van der Waals surface area contributed by atoms with Gasteiger partial charge in [-0.1, -0.05) is 6.92 Å². The lowest BCUT2D eigenvalue weighted by Gasteiger charge is -2.44. The molecule has 2 N–H and O–H groups in total. The molecule has 0 saturated heterocycles. The predicted octanol–water partition coefficient (Wildman–Crippen LogP) is 1.78. The van der Waals surface area contributed by atoms with Crippen molar-refractivity contribution in [1.82, 2.24) is 19.7 Å². The number of aromatic amines is 1. The second-order valence-electron chi connectivity index (χ2n) is 8.29. The number of hydrogen-bond acceptors (Lipinski definition) is 6. The molecule has 27 heavy (non-hydrogen) atoms. The van der Waals surface area contributed by atoms with Gasteiger partial charge in [0.05, 0.1) is 17.2 Å². The third-order valence-corrected chi connectivity index (χ3v) is 7.64. The summed E-state index contributed by atoms with van der Waals surface area (Å²) >= 11 is 0. The normalized spacial score (nSPS) is 30.3. The molecule has 2 saturated carbocycles. The van der Waals surface area contributed by atoms with Crippen molar-refractivity contribution in [3.63, 3.8) is 0 Å². The molecular weight excluding hydrogens is 364 g/mol. The van der Waals surface area contributed by atoms with E-state index in [1.54, 1.807) is 0 Å². The zero-order chi connectivity index (χ0) is 19.2. The van der Waals surface area contributed by atoms with Gasteiger partial charge in [-0.15, -0.1) is 0 Å². The number of aromatic nitrogens is 3. The highest BCUT2D eigenvalue weighted by molar-refractivity contribution is 7.89. The van der Waals surface area contributed by atoms with E-state index in [2.05, 4.69) is 30.6 Å². The maximum absolute atomic E-state index is 12.5. The Hall–Kier alpha value is -2.18. The van der Waals surface area contributed by atoms with E-state index in [9.17, 15) is 8.42 Å². The summed E-state index contributed by atoms with van der Waals surface area (Å²) in [6, 6.07) is 4.37. The van der Waals surface area contributed by atoms with Crippen LogP contribution in [0.1, 0.15) is 32.6 Å². The summed E-state index contributed by atoms with van der Waals surface area (Å²) in [5.41, 5.74) is 0.528. The Bertz CT molecular complexity index is 983. The monoisotopic (exact) mass is 388 g/mol. The molecule has 0 aromatic carbocycles. The molecule has 4 rings (SSSR count). The maximum atomic E-state index is 12.5. The molecule has 2 fully saturated rings. The average Bonchev–Trinajstić information content (AvgIpc) is 3.03. The van der Waals surface area contributed by atoms with E-state index in [0.29, 0.717) is 12.8 Å². The lowest BCUT2D eigenvalue weighted by Crippen LogP contribution is -2.54. The van der Waals surface area contributed by atoms with Crippen molar-refractivity contribution < 1.29 is 8.42 Å². The Morgan fingerprint density at radius 1 is 1.41 bits per heavy atom. The molecule has 2 aromatic heterocycles. The van der Waals surface area contributed by atoms with Gasteiger partial charge in [-0.05, 0) is 37.2 Å². The quantitative estimate of drug-likeness (QED) is 0.779. The lowest BCUT2D eigenvalue weighted by molar-refractivity contribution is 0.139. The minimum Gasteiger partial charge on any atom is -0.356 e. The Morgan fingerprint density at radius 2 is 2.15 bits per heavy atom. The number of nitriles is 1. The number of anilines is 1. The summed E-state index contributed by atoms with van der Waals surface area (Å²) < 4.78 is 27.8. The fourth-order valence-corrected chi connectivity index (χ4v) is 6.34. The van der Waals surface area contributed by atoms with Crippen LogP contribution < -0.4 is 9.62 Å². The van der Waals surface area contributed by atoms with Gasteiger partial charge in [-0.2, -0.15) is 5.26 Å². The molecule has 0 spiro atoms. The third kappa shape index (κ3) is 3.51. The van der Waals surface area contributed by atoms with Crippen molar-refractivity contribution in [2.75, 3.05) is 17.7 Å². The second-order valence-corrected chi connectivity index (χ2v) is 10.0. The summed E-state index contributed by atoms with van der Waals surface area (Å²) in [5, 5.41) is 9.87. The van der Waals surface area contributed by atoms with Crippen LogP contribution in [0.4, 0.5) is 5.82 Å². The highest BCUT2D eigenvalue weighted by Gasteiger charge is 2.44. The molecule has 0 unspecified atom stereocenters. The Kier molecular flexibility index (Phi) is 4.35. The first-order valence-corrected chi connectivity index (χ1v) is 10.8.